The first-order chi connectivity index (χ1) is 8.24. The number of aryl methyl sites for hydroxylation is 2. The lowest BCUT2D eigenvalue weighted by molar-refractivity contribution is 0.0883. The van der Waals surface area contributed by atoms with Gasteiger partial charge >= 0.3 is 0 Å². The first-order valence-corrected chi connectivity index (χ1v) is 6.85. The SMILES string of the molecule is CCc1nc(CC)n(CC(O)C2CCCC2)n1. The molecule has 0 spiro atoms. The fraction of sp³-hybridized carbons (Fsp3) is 0.846. The molecule has 1 aromatic heterocycles. The van der Waals surface area contributed by atoms with Crippen LogP contribution in [0.3, 0.4) is 0 Å². The van der Waals surface area contributed by atoms with E-state index in [2.05, 4.69) is 23.9 Å². The Balaban J connectivity index is 2.03. The molecule has 0 amide bonds. The zero-order valence-electron chi connectivity index (χ0n) is 10.9. The van der Waals surface area contributed by atoms with Crippen LogP contribution in [-0.4, -0.2) is 26.0 Å². The molecule has 4 heteroatoms. The number of nitrogens with zero attached hydrogens (tertiary/aromatic N) is 3. The van der Waals surface area contributed by atoms with Crippen LogP contribution in [0.1, 0.15) is 51.2 Å². The third-order valence-electron chi connectivity index (χ3n) is 3.73. The molecule has 1 fully saturated rings. The normalized spacial score (nSPS) is 18.8. The summed E-state index contributed by atoms with van der Waals surface area (Å²) in [5.41, 5.74) is 0. The quantitative estimate of drug-likeness (QED) is 0.851. The van der Waals surface area contributed by atoms with Gasteiger partial charge in [0.25, 0.3) is 0 Å². The van der Waals surface area contributed by atoms with E-state index in [4.69, 9.17) is 0 Å². The molecule has 0 aromatic carbocycles. The van der Waals surface area contributed by atoms with Crippen molar-refractivity contribution in [1.82, 2.24) is 14.8 Å². The third kappa shape index (κ3) is 2.86. The van der Waals surface area contributed by atoms with Crippen molar-refractivity contribution in [3.8, 4) is 0 Å². The van der Waals surface area contributed by atoms with E-state index in [0.717, 1.165) is 37.3 Å². The molecule has 0 saturated heterocycles. The summed E-state index contributed by atoms with van der Waals surface area (Å²) in [7, 11) is 0. The van der Waals surface area contributed by atoms with Crippen molar-refractivity contribution in [2.75, 3.05) is 0 Å². The Hall–Kier alpha value is -0.900. The molecule has 0 aliphatic heterocycles. The number of aliphatic hydroxyl groups excluding tert-OH is 1. The molecule has 1 aliphatic carbocycles. The number of rotatable bonds is 5. The van der Waals surface area contributed by atoms with Crippen molar-refractivity contribution in [2.45, 2.75) is 65.0 Å². The van der Waals surface area contributed by atoms with Gasteiger partial charge in [0.05, 0.1) is 12.6 Å². The monoisotopic (exact) mass is 237 g/mol. The second kappa shape index (κ2) is 5.63. The molecule has 0 bridgehead atoms. The van der Waals surface area contributed by atoms with Crippen molar-refractivity contribution in [2.24, 2.45) is 5.92 Å². The van der Waals surface area contributed by atoms with Crippen LogP contribution >= 0.6 is 0 Å². The minimum Gasteiger partial charge on any atom is -0.391 e. The van der Waals surface area contributed by atoms with Crippen LogP contribution in [0.5, 0.6) is 0 Å². The van der Waals surface area contributed by atoms with Gasteiger partial charge in [-0.05, 0) is 18.8 Å². The highest BCUT2D eigenvalue weighted by Gasteiger charge is 2.24. The van der Waals surface area contributed by atoms with Crippen molar-refractivity contribution in [3.05, 3.63) is 11.6 Å². The zero-order valence-corrected chi connectivity index (χ0v) is 10.9. The lowest BCUT2D eigenvalue weighted by Gasteiger charge is -2.18. The molecular formula is C13H23N3O. The minimum absolute atomic E-state index is 0.255. The fourth-order valence-electron chi connectivity index (χ4n) is 2.65. The van der Waals surface area contributed by atoms with E-state index in [0.29, 0.717) is 12.5 Å². The highest BCUT2D eigenvalue weighted by Crippen LogP contribution is 2.28. The molecule has 1 N–H and O–H groups in total. The molecule has 4 nitrogen and oxygen atoms in total. The lowest BCUT2D eigenvalue weighted by atomic mass is 10.0. The summed E-state index contributed by atoms with van der Waals surface area (Å²) < 4.78 is 1.90. The van der Waals surface area contributed by atoms with E-state index < -0.39 is 0 Å². The summed E-state index contributed by atoms with van der Waals surface area (Å²) >= 11 is 0. The smallest absolute Gasteiger partial charge is 0.150 e. The van der Waals surface area contributed by atoms with E-state index in [9.17, 15) is 5.11 Å². The van der Waals surface area contributed by atoms with Gasteiger partial charge in [-0.1, -0.05) is 26.7 Å². The Labute approximate surface area is 103 Å². The van der Waals surface area contributed by atoms with Crippen LogP contribution in [0.4, 0.5) is 0 Å². The first-order valence-electron chi connectivity index (χ1n) is 6.85. The maximum atomic E-state index is 10.2. The van der Waals surface area contributed by atoms with Crippen LogP contribution in [0.15, 0.2) is 0 Å². The van der Waals surface area contributed by atoms with Gasteiger partial charge in [-0.15, -0.1) is 0 Å². The summed E-state index contributed by atoms with van der Waals surface area (Å²) in [4.78, 5) is 4.47. The Morgan fingerprint density at radius 3 is 2.59 bits per heavy atom. The number of hydrogen-bond donors (Lipinski definition) is 1. The van der Waals surface area contributed by atoms with E-state index in [1.54, 1.807) is 0 Å². The highest BCUT2D eigenvalue weighted by atomic mass is 16.3. The average Bonchev–Trinajstić information content (AvgIpc) is 2.97. The topological polar surface area (TPSA) is 50.9 Å². The van der Waals surface area contributed by atoms with E-state index in [1.165, 1.54) is 12.8 Å². The molecule has 1 aliphatic rings. The Bertz CT molecular complexity index is 356. The van der Waals surface area contributed by atoms with Crippen molar-refractivity contribution in [3.63, 3.8) is 0 Å². The van der Waals surface area contributed by atoms with Crippen LogP contribution < -0.4 is 0 Å². The molecule has 0 radical (unpaired) electrons. The standard InChI is InChI=1S/C13H23N3O/c1-3-12-14-13(4-2)16(15-12)9-11(17)10-7-5-6-8-10/h10-11,17H,3-9H2,1-2H3. The third-order valence-corrected chi connectivity index (χ3v) is 3.73. The van der Waals surface area contributed by atoms with Gasteiger partial charge in [-0.25, -0.2) is 9.67 Å². The molecule has 17 heavy (non-hydrogen) atoms. The van der Waals surface area contributed by atoms with Gasteiger partial charge in [0.15, 0.2) is 5.82 Å². The predicted molar refractivity (Wildman–Crippen MR) is 66.7 cm³/mol. The van der Waals surface area contributed by atoms with E-state index in [-0.39, 0.29) is 6.10 Å². The molecule has 1 unspecified atom stereocenters. The van der Waals surface area contributed by atoms with E-state index in [1.807, 2.05) is 4.68 Å². The number of aliphatic hydroxyl groups is 1. The summed E-state index contributed by atoms with van der Waals surface area (Å²) in [5.74, 6) is 2.35. The van der Waals surface area contributed by atoms with Gasteiger partial charge < -0.3 is 5.11 Å². The minimum atomic E-state index is -0.255. The molecule has 96 valence electrons. The predicted octanol–water partition coefficient (Wildman–Crippen LogP) is 1.95. The molecule has 1 saturated carbocycles. The Morgan fingerprint density at radius 1 is 1.29 bits per heavy atom. The molecule has 1 atom stereocenters. The van der Waals surface area contributed by atoms with Gasteiger partial charge in [0, 0.05) is 12.8 Å². The molecule has 2 rings (SSSR count). The molecule has 1 aromatic rings. The van der Waals surface area contributed by atoms with Crippen molar-refractivity contribution < 1.29 is 5.11 Å². The van der Waals surface area contributed by atoms with Crippen LogP contribution in [0.2, 0.25) is 0 Å². The zero-order chi connectivity index (χ0) is 12.3. The van der Waals surface area contributed by atoms with E-state index >= 15 is 0 Å². The second-order valence-corrected chi connectivity index (χ2v) is 4.95. The summed E-state index contributed by atoms with van der Waals surface area (Å²) in [6.45, 7) is 4.76. The summed E-state index contributed by atoms with van der Waals surface area (Å²) in [6.07, 6.45) is 6.34. The van der Waals surface area contributed by atoms with Gasteiger partial charge in [-0.3, -0.25) is 0 Å². The van der Waals surface area contributed by atoms with Crippen molar-refractivity contribution >= 4 is 0 Å². The summed E-state index contributed by atoms with van der Waals surface area (Å²) in [6, 6.07) is 0. The Morgan fingerprint density at radius 2 is 2.00 bits per heavy atom. The second-order valence-electron chi connectivity index (χ2n) is 4.95. The number of hydrogen-bond acceptors (Lipinski definition) is 3. The Kier molecular flexibility index (Phi) is 4.15. The average molecular weight is 237 g/mol. The van der Waals surface area contributed by atoms with Crippen LogP contribution in [0, 0.1) is 5.92 Å². The fourth-order valence-corrected chi connectivity index (χ4v) is 2.65. The summed E-state index contributed by atoms with van der Waals surface area (Å²) in [5, 5.41) is 14.7. The van der Waals surface area contributed by atoms with Crippen molar-refractivity contribution in [1.29, 1.82) is 0 Å². The van der Waals surface area contributed by atoms with Crippen LogP contribution in [0.25, 0.3) is 0 Å². The number of aromatic nitrogens is 3. The largest absolute Gasteiger partial charge is 0.391 e. The maximum Gasteiger partial charge on any atom is 0.150 e. The van der Waals surface area contributed by atoms with Gasteiger partial charge in [-0.2, -0.15) is 5.10 Å². The van der Waals surface area contributed by atoms with Gasteiger partial charge in [0.1, 0.15) is 5.82 Å². The maximum absolute atomic E-state index is 10.2. The van der Waals surface area contributed by atoms with Gasteiger partial charge in [0.2, 0.25) is 0 Å². The highest BCUT2D eigenvalue weighted by molar-refractivity contribution is 4.93. The molecular weight excluding hydrogens is 214 g/mol. The lowest BCUT2D eigenvalue weighted by Crippen LogP contribution is -2.25. The van der Waals surface area contributed by atoms with Crippen LogP contribution in [-0.2, 0) is 19.4 Å². The molecule has 1 heterocycles. The first kappa shape index (κ1) is 12.6.